The van der Waals surface area contributed by atoms with Crippen LogP contribution in [0, 0.1) is 0 Å². The SMILES string of the molecule is O=CN(c1c(Cl)cc(Cl)cc1C(=O)Cl)c1cc(Br)nn1-c1ncc(Cl)cc1Cl. The average molecular weight is 543 g/mol. The van der Waals surface area contributed by atoms with Gasteiger partial charge in [-0.1, -0.05) is 46.4 Å². The number of nitrogens with zero attached hydrogens (tertiary/aromatic N) is 4. The first-order valence-electron chi connectivity index (χ1n) is 7.23. The molecule has 3 aromatic rings. The Morgan fingerprint density at radius 1 is 1.07 bits per heavy atom. The van der Waals surface area contributed by atoms with Gasteiger partial charge in [0, 0.05) is 17.3 Å². The van der Waals surface area contributed by atoms with Crippen molar-refractivity contribution in [3.8, 4) is 5.82 Å². The standard InChI is InChI=1S/C16H6BrCl5N4O2/c17-12-4-13(26(24-12)16-11(21)3-8(19)5-23-16)25(6-27)14-9(15(22)28)1-7(18)2-10(14)20/h1-6H. The van der Waals surface area contributed by atoms with E-state index in [0.29, 0.717) is 16.0 Å². The topological polar surface area (TPSA) is 68.1 Å². The molecule has 0 bridgehead atoms. The summed E-state index contributed by atoms with van der Waals surface area (Å²) in [5.41, 5.74) is -0.0369. The lowest BCUT2D eigenvalue weighted by atomic mass is 10.1. The monoisotopic (exact) mass is 540 g/mol. The molecule has 0 unspecified atom stereocenters. The van der Waals surface area contributed by atoms with Crippen LogP contribution in [0.15, 0.2) is 35.1 Å². The van der Waals surface area contributed by atoms with E-state index in [1.54, 1.807) is 0 Å². The molecule has 28 heavy (non-hydrogen) atoms. The van der Waals surface area contributed by atoms with Crippen molar-refractivity contribution in [2.45, 2.75) is 0 Å². The average Bonchev–Trinajstić information content (AvgIpc) is 2.98. The van der Waals surface area contributed by atoms with E-state index in [-0.39, 0.29) is 38.0 Å². The quantitative estimate of drug-likeness (QED) is 0.279. The Labute approximate surface area is 192 Å². The predicted octanol–water partition coefficient (Wildman–Crippen LogP) is 6.32. The molecule has 6 nitrogen and oxygen atoms in total. The predicted molar refractivity (Wildman–Crippen MR) is 114 cm³/mol. The number of carbonyl (C=O) groups excluding carboxylic acids is 2. The van der Waals surface area contributed by atoms with Crippen molar-refractivity contribution >= 4 is 97.1 Å². The lowest BCUT2D eigenvalue weighted by Crippen LogP contribution is -2.21. The molecule has 0 saturated heterocycles. The van der Waals surface area contributed by atoms with Crippen molar-refractivity contribution in [3.63, 3.8) is 0 Å². The lowest BCUT2D eigenvalue weighted by Gasteiger charge is -2.22. The molecule has 0 fully saturated rings. The molecule has 0 N–H and O–H groups in total. The van der Waals surface area contributed by atoms with Crippen LogP contribution in [0.1, 0.15) is 10.4 Å². The minimum Gasteiger partial charge on any atom is -0.278 e. The number of hydrogen-bond acceptors (Lipinski definition) is 4. The number of pyridine rings is 1. The molecule has 1 aromatic carbocycles. The summed E-state index contributed by atoms with van der Waals surface area (Å²) in [6.07, 6.45) is 1.82. The second-order valence-electron chi connectivity index (χ2n) is 5.23. The zero-order valence-corrected chi connectivity index (χ0v) is 18.7. The van der Waals surface area contributed by atoms with Crippen LogP contribution in [0.2, 0.25) is 20.1 Å². The van der Waals surface area contributed by atoms with E-state index in [0.717, 1.165) is 4.90 Å². The number of halogens is 6. The van der Waals surface area contributed by atoms with Crippen molar-refractivity contribution in [1.82, 2.24) is 14.8 Å². The number of aromatic nitrogens is 3. The first kappa shape index (κ1) is 21.4. The molecule has 2 heterocycles. The fraction of sp³-hybridized carbons (Fsp3) is 0. The zero-order valence-electron chi connectivity index (χ0n) is 13.3. The molecule has 0 radical (unpaired) electrons. The summed E-state index contributed by atoms with van der Waals surface area (Å²) in [5, 5.41) is 4.12. The number of benzene rings is 1. The molecule has 144 valence electrons. The van der Waals surface area contributed by atoms with Crippen molar-refractivity contribution in [1.29, 1.82) is 0 Å². The summed E-state index contributed by atoms with van der Waals surface area (Å²) in [6.45, 7) is 0. The fourth-order valence-corrected chi connectivity index (χ4v) is 3.97. The summed E-state index contributed by atoms with van der Waals surface area (Å²) in [6, 6.07) is 5.66. The maximum Gasteiger partial charge on any atom is 0.254 e. The summed E-state index contributed by atoms with van der Waals surface area (Å²) < 4.78 is 1.65. The molecule has 0 saturated carbocycles. The first-order chi connectivity index (χ1) is 13.2. The van der Waals surface area contributed by atoms with Gasteiger partial charge in [0.2, 0.25) is 6.41 Å². The third kappa shape index (κ3) is 4.15. The van der Waals surface area contributed by atoms with Crippen molar-refractivity contribution in [2.24, 2.45) is 0 Å². The van der Waals surface area contributed by atoms with E-state index in [2.05, 4.69) is 26.0 Å². The van der Waals surface area contributed by atoms with Crippen LogP contribution in [-0.2, 0) is 4.79 Å². The Morgan fingerprint density at radius 3 is 2.36 bits per heavy atom. The smallest absolute Gasteiger partial charge is 0.254 e. The number of amides is 1. The van der Waals surface area contributed by atoms with E-state index >= 15 is 0 Å². The molecule has 1 amide bonds. The summed E-state index contributed by atoms with van der Waals surface area (Å²) in [7, 11) is 0. The van der Waals surface area contributed by atoms with Gasteiger partial charge in [0.15, 0.2) is 5.82 Å². The van der Waals surface area contributed by atoms with E-state index in [1.807, 2.05) is 0 Å². The van der Waals surface area contributed by atoms with Crippen LogP contribution in [0.4, 0.5) is 11.5 Å². The molecule has 0 aliphatic carbocycles. The first-order valence-corrected chi connectivity index (χ1v) is 9.91. The normalized spacial score (nSPS) is 10.8. The minimum atomic E-state index is -0.848. The summed E-state index contributed by atoms with van der Waals surface area (Å²) >= 11 is 33.3. The second kappa shape index (κ2) is 8.57. The molecule has 0 aliphatic heterocycles. The van der Waals surface area contributed by atoms with Gasteiger partial charge in [0.05, 0.1) is 26.3 Å². The van der Waals surface area contributed by atoms with E-state index in [4.69, 9.17) is 58.0 Å². The van der Waals surface area contributed by atoms with Crippen LogP contribution in [-0.4, -0.2) is 26.4 Å². The highest BCUT2D eigenvalue weighted by Gasteiger charge is 2.26. The van der Waals surface area contributed by atoms with Gasteiger partial charge in [-0.3, -0.25) is 14.5 Å². The van der Waals surface area contributed by atoms with E-state index in [1.165, 1.54) is 35.1 Å². The molecule has 0 aliphatic rings. The molecule has 2 aromatic heterocycles. The highest BCUT2D eigenvalue weighted by Crippen LogP contribution is 2.39. The van der Waals surface area contributed by atoms with Crippen LogP contribution in [0.5, 0.6) is 0 Å². The largest absolute Gasteiger partial charge is 0.278 e. The second-order valence-corrected chi connectivity index (χ2v) is 8.07. The van der Waals surface area contributed by atoms with Crippen molar-refractivity contribution < 1.29 is 9.59 Å². The van der Waals surface area contributed by atoms with Gasteiger partial charge in [0.1, 0.15) is 10.4 Å². The highest BCUT2D eigenvalue weighted by molar-refractivity contribution is 9.10. The summed E-state index contributed by atoms with van der Waals surface area (Å²) in [5.74, 6) is 0.379. The van der Waals surface area contributed by atoms with Gasteiger partial charge >= 0.3 is 0 Å². The summed E-state index contributed by atoms with van der Waals surface area (Å²) in [4.78, 5) is 29.1. The zero-order chi connectivity index (χ0) is 20.6. The Morgan fingerprint density at radius 2 is 1.75 bits per heavy atom. The third-order valence-electron chi connectivity index (χ3n) is 3.48. The molecule has 3 rings (SSSR count). The molecular weight excluding hydrogens is 537 g/mol. The van der Waals surface area contributed by atoms with E-state index < -0.39 is 5.24 Å². The Bertz CT molecular complexity index is 1100. The van der Waals surface area contributed by atoms with Gasteiger partial charge in [-0.2, -0.15) is 9.78 Å². The third-order valence-corrected chi connectivity index (χ3v) is 5.07. The Kier molecular flexibility index (Phi) is 6.54. The lowest BCUT2D eigenvalue weighted by molar-refractivity contribution is -0.106. The van der Waals surface area contributed by atoms with Gasteiger partial charge in [-0.15, -0.1) is 0 Å². The number of carbonyl (C=O) groups is 2. The Hall–Kier alpha value is -1.35. The van der Waals surface area contributed by atoms with Crippen LogP contribution in [0.25, 0.3) is 5.82 Å². The molecule has 0 atom stereocenters. The minimum absolute atomic E-state index is 0.0276. The van der Waals surface area contributed by atoms with Crippen molar-refractivity contribution in [2.75, 3.05) is 4.90 Å². The molecule has 12 heteroatoms. The van der Waals surface area contributed by atoms with Crippen LogP contribution < -0.4 is 4.90 Å². The number of hydrogen-bond donors (Lipinski definition) is 0. The molecular formula is C16H6BrCl5N4O2. The van der Waals surface area contributed by atoms with Crippen LogP contribution >= 0.6 is 73.9 Å². The van der Waals surface area contributed by atoms with Gasteiger partial charge < -0.3 is 0 Å². The highest BCUT2D eigenvalue weighted by atomic mass is 79.9. The fourth-order valence-electron chi connectivity index (χ4n) is 2.42. The number of rotatable bonds is 5. The van der Waals surface area contributed by atoms with Crippen LogP contribution in [0.3, 0.4) is 0 Å². The van der Waals surface area contributed by atoms with Gasteiger partial charge in [-0.05, 0) is 45.7 Å². The maximum atomic E-state index is 12.0. The van der Waals surface area contributed by atoms with E-state index in [9.17, 15) is 9.59 Å². The number of anilines is 2. The maximum absolute atomic E-state index is 12.0. The van der Waals surface area contributed by atoms with Gasteiger partial charge in [0.25, 0.3) is 5.24 Å². The molecule has 0 spiro atoms. The van der Waals surface area contributed by atoms with Gasteiger partial charge in [-0.25, -0.2) is 4.98 Å². The Balaban J connectivity index is 2.27. The van der Waals surface area contributed by atoms with Crippen molar-refractivity contribution in [3.05, 3.63) is 60.7 Å².